The fraction of sp³-hybridized carbons (Fsp3) is 0.917. The predicted molar refractivity (Wildman–Crippen MR) is 68.9 cm³/mol. The molecule has 4 nitrogen and oxygen atoms in total. The van der Waals surface area contributed by atoms with Gasteiger partial charge < -0.3 is 16.3 Å². The van der Waals surface area contributed by atoms with Crippen LogP contribution in [0.25, 0.3) is 0 Å². The van der Waals surface area contributed by atoms with Crippen molar-refractivity contribution < 1.29 is 5.21 Å². The number of rotatable bonds is 10. The zero-order valence-electron chi connectivity index (χ0n) is 10.7. The second-order valence-electron chi connectivity index (χ2n) is 4.42. The molecule has 0 bridgehead atoms. The second kappa shape index (κ2) is 10.7. The average Bonchev–Trinajstić information content (AvgIpc) is 2.27. The topological polar surface area (TPSA) is 70.6 Å². The number of amidine groups is 1. The third-order valence-electron chi connectivity index (χ3n) is 2.67. The second-order valence-corrected chi connectivity index (χ2v) is 4.42. The van der Waals surface area contributed by atoms with E-state index in [0.717, 1.165) is 6.54 Å². The Labute approximate surface area is 99.3 Å². The molecule has 0 spiro atoms. The number of nitrogens with zero attached hydrogens (tertiary/aromatic N) is 1. The standard InChI is InChI=1S/C12H27N3O/c1-3-4-5-6-7-8-9-14-11(2)10-12(13)15-16/h11,14,16H,3-10H2,1-2H3,(H2,13,15). The lowest BCUT2D eigenvalue weighted by molar-refractivity contribution is 0.315. The van der Waals surface area contributed by atoms with Crippen molar-refractivity contribution >= 4 is 5.84 Å². The van der Waals surface area contributed by atoms with Crippen molar-refractivity contribution in [3.8, 4) is 0 Å². The lowest BCUT2D eigenvalue weighted by Gasteiger charge is -2.12. The number of hydrogen-bond acceptors (Lipinski definition) is 3. The lowest BCUT2D eigenvalue weighted by atomic mass is 10.1. The molecule has 0 aromatic rings. The van der Waals surface area contributed by atoms with Crippen molar-refractivity contribution in [2.45, 2.75) is 64.8 Å². The van der Waals surface area contributed by atoms with Crippen molar-refractivity contribution in [3.05, 3.63) is 0 Å². The molecule has 0 aliphatic heterocycles. The summed E-state index contributed by atoms with van der Waals surface area (Å²) in [6.45, 7) is 5.30. The zero-order chi connectivity index (χ0) is 12.2. The maximum absolute atomic E-state index is 8.41. The van der Waals surface area contributed by atoms with Crippen LogP contribution in [-0.2, 0) is 0 Å². The predicted octanol–water partition coefficient (Wildman–Crippen LogP) is 2.46. The Morgan fingerprint density at radius 1 is 1.25 bits per heavy atom. The van der Waals surface area contributed by atoms with Crippen LogP contribution in [0.4, 0.5) is 0 Å². The molecule has 0 amide bonds. The van der Waals surface area contributed by atoms with E-state index in [1.54, 1.807) is 0 Å². The fourth-order valence-corrected chi connectivity index (χ4v) is 1.68. The van der Waals surface area contributed by atoms with Crippen LogP contribution in [-0.4, -0.2) is 23.6 Å². The summed E-state index contributed by atoms with van der Waals surface area (Å²) in [6, 6.07) is 0.284. The van der Waals surface area contributed by atoms with Gasteiger partial charge in [0.15, 0.2) is 0 Å². The largest absolute Gasteiger partial charge is 0.409 e. The normalized spacial score (nSPS) is 14.0. The SMILES string of the molecule is CCCCCCCCNC(C)CC(N)=NO. The highest BCUT2D eigenvalue weighted by atomic mass is 16.4. The van der Waals surface area contributed by atoms with Gasteiger partial charge in [0.1, 0.15) is 5.84 Å². The number of nitrogens with two attached hydrogens (primary N) is 1. The molecule has 16 heavy (non-hydrogen) atoms. The molecule has 0 saturated heterocycles. The first kappa shape index (κ1) is 15.2. The zero-order valence-corrected chi connectivity index (χ0v) is 10.7. The minimum Gasteiger partial charge on any atom is -0.409 e. The van der Waals surface area contributed by atoms with Gasteiger partial charge in [-0.3, -0.25) is 0 Å². The summed E-state index contributed by atoms with van der Waals surface area (Å²) >= 11 is 0. The minimum atomic E-state index is 0.284. The molecule has 1 atom stereocenters. The maximum Gasteiger partial charge on any atom is 0.140 e. The van der Waals surface area contributed by atoms with Gasteiger partial charge >= 0.3 is 0 Å². The van der Waals surface area contributed by atoms with Crippen molar-refractivity contribution in [1.82, 2.24) is 5.32 Å². The van der Waals surface area contributed by atoms with Crippen molar-refractivity contribution in [2.24, 2.45) is 10.9 Å². The highest BCUT2D eigenvalue weighted by Crippen LogP contribution is 2.04. The molecule has 0 heterocycles. The Hall–Kier alpha value is -0.770. The molecule has 0 rings (SSSR count). The van der Waals surface area contributed by atoms with E-state index in [1.165, 1.54) is 38.5 Å². The summed E-state index contributed by atoms with van der Waals surface area (Å²) < 4.78 is 0. The highest BCUT2D eigenvalue weighted by molar-refractivity contribution is 5.80. The maximum atomic E-state index is 8.41. The molecule has 4 N–H and O–H groups in total. The summed E-state index contributed by atoms with van der Waals surface area (Å²) in [6.07, 6.45) is 8.46. The molecule has 4 heteroatoms. The van der Waals surface area contributed by atoms with Crippen LogP contribution >= 0.6 is 0 Å². The van der Waals surface area contributed by atoms with E-state index in [4.69, 9.17) is 10.9 Å². The van der Waals surface area contributed by atoms with Crippen LogP contribution in [0.15, 0.2) is 5.16 Å². The van der Waals surface area contributed by atoms with Gasteiger partial charge in [0.05, 0.1) is 0 Å². The van der Waals surface area contributed by atoms with E-state index < -0.39 is 0 Å². The number of hydrogen-bond donors (Lipinski definition) is 3. The Kier molecular flexibility index (Phi) is 10.2. The Bertz CT molecular complexity index is 183. The molecule has 0 saturated carbocycles. The Morgan fingerprint density at radius 3 is 2.50 bits per heavy atom. The molecule has 1 unspecified atom stereocenters. The van der Waals surface area contributed by atoms with Crippen LogP contribution in [0, 0.1) is 0 Å². The van der Waals surface area contributed by atoms with Gasteiger partial charge in [0.25, 0.3) is 0 Å². The first-order chi connectivity index (χ1) is 7.70. The lowest BCUT2D eigenvalue weighted by Crippen LogP contribution is -2.31. The van der Waals surface area contributed by atoms with Gasteiger partial charge in [-0.15, -0.1) is 0 Å². The van der Waals surface area contributed by atoms with E-state index in [0.29, 0.717) is 12.3 Å². The summed E-state index contributed by atoms with van der Waals surface area (Å²) in [5.41, 5.74) is 5.42. The number of unbranched alkanes of at least 4 members (excludes halogenated alkanes) is 5. The van der Waals surface area contributed by atoms with E-state index in [1.807, 2.05) is 0 Å². The Balaban J connectivity index is 3.24. The van der Waals surface area contributed by atoms with Crippen molar-refractivity contribution in [2.75, 3.05) is 6.54 Å². The molecule has 0 fully saturated rings. The van der Waals surface area contributed by atoms with Crippen LogP contribution < -0.4 is 11.1 Å². The minimum absolute atomic E-state index is 0.284. The number of nitrogens with one attached hydrogen (secondary N) is 1. The van der Waals surface area contributed by atoms with Gasteiger partial charge in [-0.1, -0.05) is 44.2 Å². The van der Waals surface area contributed by atoms with E-state index in [2.05, 4.69) is 24.3 Å². The van der Waals surface area contributed by atoms with E-state index in [9.17, 15) is 0 Å². The first-order valence-electron chi connectivity index (χ1n) is 6.40. The molecule has 0 radical (unpaired) electrons. The third-order valence-corrected chi connectivity index (χ3v) is 2.67. The smallest absolute Gasteiger partial charge is 0.140 e. The van der Waals surface area contributed by atoms with Crippen LogP contribution in [0.3, 0.4) is 0 Å². The highest BCUT2D eigenvalue weighted by Gasteiger charge is 2.03. The first-order valence-corrected chi connectivity index (χ1v) is 6.40. The van der Waals surface area contributed by atoms with Gasteiger partial charge in [-0.25, -0.2) is 0 Å². The summed E-state index contributed by atoms with van der Waals surface area (Å²) in [5.74, 6) is 0.294. The molecular weight excluding hydrogens is 202 g/mol. The fourth-order valence-electron chi connectivity index (χ4n) is 1.68. The molecule has 0 aromatic carbocycles. The van der Waals surface area contributed by atoms with Gasteiger partial charge in [0.2, 0.25) is 0 Å². The average molecular weight is 229 g/mol. The van der Waals surface area contributed by atoms with Crippen molar-refractivity contribution in [3.63, 3.8) is 0 Å². The molecule has 96 valence electrons. The van der Waals surface area contributed by atoms with Gasteiger partial charge in [-0.2, -0.15) is 0 Å². The van der Waals surface area contributed by atoms with Gasteiger partial charge in [0, 0.05) is 12.5 Å². The summed E-state index contributed by atoms with van der Waals surface area (Å²) in [5, 5.41) is 14.7. The molecule has 0 aliphatic rings. The van der Waals surface area contributed by atoms with E-state index >= 15 is 0 Å². The molecule has 0 aliphatic carbocycles. The molecular formula is C12H27N3O. The Morgan fingerprint density at radius 2 is 1.88 bits per heavy atom. The quantitative estimate of drug-likeness (QED) is 0.177. The number of oxime groups is 1. The summed E-state index contributed by atoms with van der Waals surface area (Å²) in [4.78, 5) is 0. The molecule has 0 aromatic heterocycles. The monoisotopic (exact) mass is 229 g/mol. The van der Waals surface area contributed by atoms with Gasteiger partial charge in [-0.05, 0) is 19.9 Å². The van der Waals surface area contributed by atoms with Crippen molar-refractivity contribution in [1.29, 1.82) is 0 Å². The van der Waals surface area contributed by atoms with Crippen LogP contribution in [0.5, 0.6) is 0 Å². The third kappa shape index (κ3) is 9.77. The van der Waals surface area contributed by atoms with Crippen LogP contribution in [0.1, 0.15) is 58.8 Å². The van der Waals surface area contributed by atoms with E-state index in [-0.39, 0.29) is 6.04 Å². The van der Waals surface area contributed by atoms with Crippen LogP contribution in [0.2, 0.25) is 0 Å². The summed E-state index contributed by atoms with van der Waals surface area (Å²) in [7, 11) is 0.